The van der Waals surface area contributed by atoms with Crippen LogP contribution in [-0.2, 0) is 0 Å². The Hall–Kier alpha value is -2.10. The molecule has 2 saturated carbocycles. The van der Waals surface area contributed by atoms with Crippen LogP contribution in [0.3, 0.4) is 0 Å². The van der Waals surface area contributed by atoms with E-state index in [-0.39, 0.29) is 5.91 Å². The highest BCUT2D eigenvalue weighted by Gasteiger charge is 2.38. The van der Waals surface area contributed by atoms with Gasteiger partial charge >= 0.3 is 0 Å². The zero-order valence-electron chi connectivity index (χ0n) is 11.9. The van der Waals surface area contributed by atoms with Crippen LogP contribution in [0.5, 0.6) is 0 Å². The fraction of sp³-hybridized carbons (Fsp3) is 0.412. The maximum Gasteiger partial charge on any atom is 0.273 e. The Morgan fingerprint density at radius 2 is 2.19 bits per heavy atom. The molecule has 2 aromatic rings. The minimum Gasteiger partial charge on any atom is -0.360 e. The number of para-hydroxylation sites is 1. The summed E-state index contributed by atoms with van der Waals surface area (Å²) in [4.78, 5) is 15.3. The van der Waals surface area contributed by atoms with Gasteiger partial charge < -0.3 is 4.98 Å². The maximum atomic E-state index is 12.2. The number of carbonyl (C=O) groups is 1. The summed E-state index contributed by atoms with van der Waals surface area (Å²) in [5, 5.41) is 5.13. The number of aromatic nitrogens is 1. The molecule has 3 atom stereocenters. The lowest BCUT2D eigenvalue weighted by molar-refractivity contribution is 0.0956. The number of benzene rings is 1. The molecular weight excluding hydrogens is 262 g/mol. The molecule has 2 N–H and O–H groups in total. The average molecular weight is 281 g/mol. The number of hydrogen-bond donors (Lipinski definition) is 2. The summed E-state index contributed by atoms with van der Waals surface area (Å²) in [5.41, 5.74) is 4.29. The number of nitrogens with zero attached hydrogens (tertiary/aromatic N) is 1. The van der Waals surface area contributed by atoms with Gasteiger partial charge in [0.15, 0.2) is 0 Å². The molecule has 2 aliphatic rings. The first kappa shape index (κ1) is 12.6. The first-order chi connectivity index (χ1) is 10.3. The molecule has 21 heavy (non-hydrogen) atoms. The lowest BCUT2D eigenvalue weighted by Crippen LogP contribution is -2.19. The standard InChI is InChI=1S/C17H19N3O/c21-17(15-10-18-16-4-2-1-3-14(15)16)20-19-9-13-8-11-5-6-12(13)7-11/h1-4,9-13,18H,5-8H2,(H,20,21). The molecule has 1 heterocycles. The molecule has 0 saturated heterocycles. The minimum atomic E-state index is -0.146. The number of hydrogen-bond acceptors (Lipinski definition) is 2. The minimum absolute atomic E-state index is 0.146. The molecule has 108 valence electrons. The molecule has 1 aromatic carbocycles. The molecule has 4 rings (SSSR count). The lowest BCUT2D eigenvalue weighted by Gasteiger charge is -2.16. The quantitative estimate of drug-likeness (QED) is 0.658. The van der Waals surface area contributed by atoms with Gasteiger partial charge in [0.2, 0.25) is 0 Å². The Balaban J connectivity index is 1.44. The topological polar surface area (TPSA) is 57.2 Å². The normalized spacial score (nSPS) is 27.7. The Labute approximate surface area is 123 Å². The van der Waals surface area contributed by atoms with Crippen LogP contribution in [0, 0.1) is 17.8 Å². The van der Waals surface area contributed by atoms with E-state index < -0.39 is 0 Å². The second-order valence-electron chi connectivity index (χ2n) is 6.31. The van der Waals surface area contributed by atoms with Gasteiger partial charge in [0, 0.05) is 23.3 Å². The molecule has 2 fully saturated rings. The number of carbonyl (C=O) groups excluding carboxylic acids is 1. The zero-order valence-corrected chi connectivity index (χ0v) is 11.9. The van der Waals surface area contributed by atoms with Gasteiger partial charge in [0.05, 0.1) is 5.56 Å². The first-order valence-corrected chi connectivity index (χ1v) is 7.71. The maximum absolute atomic E-state index is 12.2. The van der Waals surface area contributed by atoms with Crippen LogP contribution < -0.4 is 5.43 Å². The van der Waals surface area contributed by atoms with E-state index in [4.69, 9.17) is 0 Å². The second kappa shape index (κ2) is 5.02. The van der Waals surface area contributed by atoms with Gasteiger partial charge in [-0.05, 0) is 43.1 Å². The molecule has 0 spiro atoms. The van der Waals surface area contributed by atoms with Gasteiger partial charge in [-0.2, -0.15) is 5.10 Å². The van der Waals surface area contributed by atoms with Gasteiger partial charge in [-0.3, -0.25) is 4.79 Å². The summed E-state index contributed by atoms with van der Waals surface area (Å²) in [7, 11) is 0. The molecule has 3 unspecified atom stereocenters. The van der Waals surface area contributed by atoms with Gasteiger partial charge in [-0.15, -0.1) is 0 Å². The van der Waals surface area contributed by atoms with Crippen LogP contribution in [0.4, 0.5) is 0 Å². The van der Waals surface area contributed by atoms with Crippen molar-refractivity contribution in [1.82, 2.24) is 10.4 Å². The SMILES string of the molecule is O=C(NN=CC1CC2CCC1C2)c1c[nH]c2ccccc12. The summed E-state index contributed by atoms with van der Waals surface area (Å²) >= 11 is 0. The third-order valence-electron chi connectivity index (χ3n) is 5.06. The van der Waals surface area contributed by atoms with Crippen LogP contribution in [-0.4, -0.2) is 17.1 Å². The van der Waals surface area contributed by atoms with Crippen molar-refractivity contribution in [3.63, 3.8) is 0 Å². The molecule has 0 radical (unpaired) electrons. The number of H-pyrrole nitrogens is 1. The summed E-state index contributed by atoms with van der Waals surface area (Å²) in [5.74, 6) is 2.11. The van der Waals surface area contributed by atoms with Crippen molar-refractivity contribution >= 4 is 23.0 Å². The molecule has 0 aliphatic heterocycles. The number of amides is 1. The van der Waals surface area contributed by atoms with Crippen LogP contribution in [0.15, 0.2) is 35.6 Å². The summed E-state index contributed by atoms with van der Waals surface area (Å²) < 4.78 is 0. The Bertz CT molecular complexity index is 703. The number of hydrazone groups is 1. The molecule has 4 nitrogen and oxygen atoms in total. The lowest BCUT2D eigenvalue weighted by atomic mass is 9.90. The van der Waals surface area contributed by atoms with E-state index in [1.807, 2.05) is 30.5 Å². The molecule has 1 amide bonds. The van der Waals surface area contributed by atoms with Crippen molar-refractivity contribution in [2.24, 2.45) is 22.9 Å². The van der Waals surface area contributed by atoms with Crippen molar-refractivity contribution < 1.29 is 4.79 Å². The van der Waals surface area contributed by atoms with E-state index in [0.717, 1.165) is 22.7 Å². The number of rotatable bonds is 3. The van der Waals surface area contributed by atoms with Crippen LogP contribution in [0.2, 0.25) is 0 Å². The number of aromatic amines is 1. The van der Waals surface area contributed by atoms with Crippen LogP contribution in [0.25, 0.3) is 10.9 Å². The third-order valence-corrected chi connectivity index (χ3v) is 5.06. The predicted octanol–water partition coefficient (Wildman–Crippen LogP) is 3.32. The monoisotopic (exact) mass is 281 g/mol. The fourth-order valence-corrected chi connectivity index (χ4v) is 3.99. The van der Waals surface area contributed by atoms with Crippen molar-refractivity contribution in [1.29, 1.82) is 0 Å². The molecular formula is C17H19N3O. The van der Waals surface area contributed by atoms with Crippen LogP contribution >= 0.6 is 0 Å². The predicted molar refractivity (Wildman–Crippen MR) is 83.2 cm³/mol. The average Bonchev–Trinajstić information content (AvgIpc) is 3.21. The van der Waals surface area contributed by atoms with E-state index in [1.165, 1.54) is 25.7 Å². The van der Waals surface area contributed by atoms with E-state index >= 15 is 0 Å². The second-order valence-corrected chi connectivity index (χ2v) is 6.31. The summed E-state index contributed by atoms with van der Waals surface area (Å²) in [6.45, 7) is 0. The molecule has 2 bridgehead atoms. The van der Waals surface area contributed by atoms with E-state index in [0.29, 0.717) is 11.5 Å². The van der Waals surface area contributed by atoms with E-state index in [9.17, 15) is 4.79 Å². The van der Waals surface area contributed by atoms with Crippen molar-refractivity contribution in [2.45, 2.75) is 25.7 Å². The van der Waals surface area contributed by atoms with Crippen molar-refractivity contribution in [3.05, 3.63) is 36.0 Å². The van der Waals surface area contributed by atoms with Crippen molar-refractivity contribution in [3.8, 4) is 0 Å². The summed E-state index contributed by atoms with van der Waals surface area (Å²) in [6, 6.07) is 7.80. The van der Waals surface area contributed by atoms with Gasteiger partial charge in [-0.25, -0.2) is 5.43 Å². The Morgan fingerprint density at radius 3 is 3.00 bits per heavy atom. The number of fused-ring (bicyclic) bond motifs is 3. The zero-order chi connectivity index (χ0) is 14.2. The van der Waals surface area contributed by atoms with Gasteiger partial charge in [-0.1, -0.05) is 24.6 Å². The van der Waals surface area contributed by atoms with Crippen LogP contribution in [0.1, 0.15) is 36.0 Å². The summed E-state index contributed by atoms with van der Waals surface area (Å²) in [6.07, 6.45) is 9.02. The number of nitrogens with one attached hydrogen (secondary N) is 2. The molecule has 2 aliphatic carbocycles. The highest BCUT2D eigenvalue weighted by atomic mass is 16.2. The Morgan fingerprint density at radius 1 is 1.29 bits per heavy atom. The largest absolute Gasteiger partial charge is 0.360 e. The Kier molecular flexibility index (Phi) is 3.02. The first-order valence-electron chi connectivity index (χ1n) is 7.71. The van der Waals surface area contributed by atoms with Crippen molar-refractivity contribution in [2.75, 3.05) is 0 Å². The molecule has 1 aromatic heterocycles. The fourth-order valence-electron chi connectivity index (χ4n) is 3.99. The van der Waals surface area contributed by atoms with Gasteiger partial charge in [0.1, 0.15) is 0 Å². The highest BCUT2D eigenvalue weighted by molar-refractivity contribution is 6.06. The van der Waals surface area contributed by atoms with E-state index in [2.05, 4.69) is 15.5 Å². The van der Waals surface area contributed by atoms with Gasteiger partial charge in [0.25, 0.3) is 5.91 Å². The molecule has 4 heteroatoms. The third kappa shape index (κ3) is 2.24. The highest BCUT2D eigenvalue weighted by Crippen LogP contribution is 2.47. The smallest absolute Gasteiger partial charge is 0.273 e. The van der Waals surface area contributed by atoms with E-state index in [1.54, 1.807) is 6.20 Å².